The molecule has 40 heavy (non-hydrogen) atoms. The smallest absolute Gasteiger partial charge is 0.277 e. The number of anilines is 1. The number of halogens is 2. The zero-order chi connectivity index (χ0) is 29.2. The number of allylic oxidation sites excluding steroid dienone is 1. The van der Waals surface area contributed by atoms with Crippen LogP contribution in [0.15, 0.2) is 60.7 Å². The first-order valence-corrected chi connectivity index (χ1v) is 13.0. The van der Waals surface area contributed by atoms with Crippen molar-refractivity contribution in [2.75, 3.05) is 12.4 Å². The van der Waals surface area contributed by atoms with Gasteiger partial charge in [0.1, 0.15) is 5.75 Å². The summed E-state index contributed by atoms with van der Waals surface area (Å²) in [5, 5.41) is 13.7. The molecule has 0 radical (unpaired) electrons. The average Bonchev–Trinajstić information content (AvgIpc) is 3.22. The number of carbonyl (C=O) groups is 1. The number of imidazole rings is 1. The van der Waals surface area contributed by atoms with E-state index in [0.717, 1.165) is 32.5 Å². The largest absolute Gasteiger partial charge is 0.496 e. The Kier molecular flexibility index (Phi) is 8.09. The summed E-state index contributed by atoms with van der Waals surface area (Å²) in [6.45, 7) is 9.04. The molecule has 0 aliphatic rings. The van der Waals surface area contributed by atoms with E-state index in [4.69, 9.17) is 4.74 Å². The van der Waals surface area contributed by atoms with Crippen molar-refractivity contribution in [1.82, 2.24) is 9.71 Å². The molecule has 3 aromatic carbocycles. The molecule has 0 saturated heterocycles. The van der Waals surface area contributed by atoms with Crippen LogP contribution in [-0.4, -0.2) is 27.9 Å². The third-order valence-electron chi connectivity index (χ3n) is 6.87. The average molecular weight is 546 g/mol. The molecule has 6 nitrogen and oxygen atoms in total. The van der Waals surface area contributed by atoms with E-state index in [1.165, 1.54) is 31.2 Å². The topological polar surface area (TPSA) is 76.4 Å². The Labute approximate surface area is 232 Å². The zero-order valence-corrected chi connectivity index (χ0v) is 23.5. The summed E-state index contributed by atoms with van der Waals surface area (Å²) in [5.41, 5.74) is 5.79. The van der Waals surface area contributed by atoms with Crippen LogP contribution in [0, 0.1) is 20.8 Å². The van der Waals surface area contributed by atoms with E-state index in [0.29, 0.717) is 11.3 Å². The van der Waals surface area contributed by atoms with Gasteiger partial charge in [-0.1, -0.05) is 43.3 Å². The van der Waals surface area contributed by atoms with Crippen LogP contribution in [0.1, 0.15) is 58.7 Å². The molecule has 0 aliphatic heterocycles. The first-order valence-electron chi connectivity index (χ1n) is 13.0. The van der Waals surface area contributed by atoms with Crippen molar-refractivity contribution in [3.8, 4) is 28.3 Å². The lowest BCUT2D eigenvalue weighted by atomic mass is 9.91. The van der Waals surface area contributed by atoms with Gasteiger partial charge in [0.15, 0.2) is 11.5 Å². The van der Waals surface area contributed by atoms with E-state index in [1.807, 2.05) is 39.0 Å². The lowest BCUT2D eigenvalue weighted by Gasteiger charge is -2.16. The maximum Gasteiger partial charge on any atom is 0.277 e. The number of methoxy groups -OCH3 is 1. The number of alkyl halides is 2. The van der Waals surface area contributed by atoms with Crippen molar-refractivity contribution in [3.05, 3.63) is 94.3 Å². The van der Waals surface area contributed by atoms with Crippen molar-refractivity contribution in [1.29, 1.82) is 0 Å². The molecular formula is C32H33F2N3O3. The Balaban J connectivity index is 1.73. The summed E-state index contributed by atoms with van der Waals surface area (Å²) < 4.78 is 34.8. The molecule has 0 atom stereocenters. The Morgan fingerprint density at radius 2 is 1.80 bits per heavy atom. The highest BCUT2D eigenvalue weighted by Gasteiger charge is 2.29. The highest BCUT2D eigenvalue weighted by Crippen LogP contribution is 2.38. The van der Waals surface area contributed by atoms with E-state index >= 15 is 0 Å². The Bertz CT molecular complexity index is 1580. The summed E-state index contributed by atoms with van der Waals surface area (Å²) in [6.07, 6.45) is 3.67. The molecule has 0 saturated carbocycles. The van der Waals surface area contributed by atoms with Crippen molar-refractivity contribution in [3.63, 3.8) is 0 Å². The van der Waals surface area contributed by atoms with Gasteiger partial charge in [-0.3, -0.25) is 4.79 Å². The number of carbonyl (C=O) groups excluding carboxylic acids is 1. The number of rotatable bonds is 8. The molecule has 4 aromatic rings. The van der Waals surface area contributed by atoms with Crippen LogP contribution >= 0.6 is 0 Å². The second kappa shape index (κ2) is 11.3. The monoisotopic (exact) mass is 545 g/mol. The number of hydrogen-bond donors (Lipinski definition) is 2. The zero-order valence-electron chi connectivity index (χ0n) is 23.5. The van der Waals surface area contributed by atoms with Gasteiger partial charge >= 0.3 is 0 Å². The van der Waals surface area contributed by atoms with Crippen molar-refractivity contribution in [2.45, 2.75) is 47.0 Å². The summed E-state index contributed by atoms with van der Waals surface area (Å²) in [4.78, 5) is 17.6. The van der Waals surface area contributed by atoms with Gasteiger partial charge in [-0.25, -0.2) is 13.8 Å². The highest BCUT2D eigenvalue weighted by atomic mass is 19.3. The van der Waals surface area contributed by atoms with Crippen LogP contribution in [0.5, 0.6) is 5.75 Å². The maximum atomic E-state index is 14.2. The van der Waals surface area contributed by atoms with Crippen LogP contribution in [0.3, 0.4) is 0 Å². The number of amides is 1. The number of nitrogens with one attached hydrogen (secondary N) is 1. The Hall–Kier alpha value is -4.46. The van der Waals surface area contributed by atoms with Gasteiger partial charge in [0, 0.05) is 28.8 Å². The predicted octanol–water partition coefficient (Wildman–Crippen LogP) is 8.18. The predicted molar refractivity (Wildman–Crippen MR) is 154 cm³/mol. The molecule has 0 aliphatic carbocycles. The van der Waals surface area contributed by atoms with Crippen LogP contribution in [0.25, 0.3) is 28.6 Å². The summed E-state index contributed by atoms with van der Waals surface area (Å²) in [6, 6.07) is 15.1. The molecule has 0 fully saturated rings. The first-order chi connectivity index (χ1) is 19.0. The Morgan fingerprint density at radius 3 is 2.42 bits per heavy atom. The highest BCUT2D eigenvalue weighted by molar-refractivity contribution is 6.04. The fourth-order valence-corrected chi connectivity index (χ4v) is 4.94. The number of ether oxygens (including phenoxy) is 1. The fraction of sp³-hybridized carbons (Fsp3) is 0.250. The molecule has 1 amide bonds. The van der Waals surface area contributed by atoms with E-state index in [-0.39, 0.29) is 34.9 Å². The van der Waals surface area contributed by atoms with Crippen LogP contribution in [-0.2, 0) is 5.92 Å². The third kappa shape index (κ3) is 5.47. The molecule has 1 aromatic heterocycles. The molecule has 1 heterocycles. The standard InChI is InChI=1S/C32H33F2N3O3/c1-7-10-22-15-19(3)28(20(4)16-22)26-17-23(13-14-27(26)40-6)30-35-21(5)29(37(30)39)31(38)36-25-12-9-11-24(18-25)32(33,34)8-2/h7,9-18,39H,8H2,1-6H3,(H,36,38)/b10-7+. The minimum Gasteiger partial charge on any atom is -0.496 e. The molecule has 4 rings (SSSR count). The van der Waals surface area contributed by atoms with Gasteiger partial charge < -0.3 is 15.3 Å². The molecule has 8 heteroatoms. The van der Waals surface area contributed by atoms with Crippen LogP contribution in [0.2, 0.25) is 0 Å². The van der Waals surface area contributed by atoms with Crippen molar-refractivity contribution in [2.24, 2.45) is 0 Å². The number of aromatic nitrogens is 2. The van der Waals surface area contributed by atoms with Gasteiger partial charge in [0.2, 0.25) is 0 Å². The summed E-state index contributed by atoms with van der Waals surface area (Å²) in [7, 11) is 1.60. The van der Waals surface area contributed by atoms with Gasteiger partial charge in [0.05, 0.1) is 12.8 Å². The quantitative estimate of drug-likeness (QED) is 0.219. The normalized spacial score (nSPS) is 11.7. The minimum atomic E-state index is -3.02. The molecular weight excluding hydrogens is 512 g/mol. The lowest BCUT2D eigenvalue weighted by molar-refractivity contribution is -0.00825. The first kappa shape index (κ1) is 28.5. The molecule has 0 bridgehead atoms. The third-order valence-corrected chi connectivity index (χ3v) is 6.87. The van der Waals surface area contributed by atoms with E-state index in [9.17, 15) is 18.8 Å². The number of hydrogen-bond acceptors (Lipinski definition) is 4. The number of benzene rings is 3. The van der Waals surface area contributed by atoms with Gasteiger partial charge in [-0.05, 0) is 80.3 Å². The van der Waals surface area contributed by atoms with Gasteiger partial charge in [-0.15, -0.1) is 0 Å². The summed E-state index contributed by atoms with van der Waals surface area (Å²) >= 11 is 0. The van der Waals surface area contributed by atoms with Gasteiger partial charge in [0.25, 0.3) is 11.8 Å². The van der Waals surface area contributed by atoms with Crippen LogP contribution in [0.4, 0.5) is 14.5 Å². The summed E-state index contributed by atoms with van der Waals surface area (Å²) in [5.74, 6) is -2.86. The minimum absolute atomic E-state index is 0.0944. The SMILES string of the molecule is C/C=C/c1cc(C)c(-c2cc(-c3nc(C)c(C(=O)Nc4cccc(C(F)(F)CC)c4)n3O)ccc2OC)c(C)c1. The number of aryl methyl sites for hydroxylation is 3. The van der Waals surface area contributed by atoms with E-state index in [1.54, 1.807) is 26.2 Å². The van der Waals surface area contributed by atoms with E-state index in [2.05, 4.69) is 22.4 Å². The second-order valence-corrected chi connectivity index (χ2v) is 9.72. The molecule has 2 N–H and O–H groups in total. The maximum absolute atomic E-state index is 14.2. The van der Waals surface area contributed by atoms with Gasteiger partial charge in [-0.2, -0.15) is 4.73 Å². The lowest BCUT2D eigenvalue weighted by Crippen LogP contribution is -2.18. The molecule has 0 unspecified atom stereocenters. The number of nitrogens with zero attached hydrogens (tertiary/aromatic N) is 2. The molecule has 0 spiro atoms. The van der Waals surface area contributed by atoms with Crippen LogP contribution < -0.4 is 10.1 Å². The van der Waals surface area contributed by atoms with Crippen molar-refractivity contribution < 1.29 is 23.5 Å². The molecule has 208 valence electrons. The Morgan fingerprint density at radius 1 is 1.10 bits per heavy atom. The second-order valence-electron chi connectivity index (χ2n) is 9.72. The fourth-order valence-electron chi connectivity index (χ4n) is 4.94. The van der Waals surface area contributed by atoms with E-state index < -0.39 is 11.8 Å². The van der Waals surface area contributed by atoms with Crippen molar-refractivity contribution >= 4 is 17.7 Å².